The Bertz CT molecular complexity index is 373. The maximum absolute atomic E-state index is 11.8. The van der Waals surface area contributed by atoms with Crippen LogP contribution in [-0.4, -0.2) is 24.0 Å². The molecule has 0 radical (unpaired) electrons. The Balaban J connectivity index is 1.78. The third kappa shape index (κ3) is 2.59. The van der Waals surface area contributed by atoms with Gasteiger partial charge in [-0.05, 0) is 25.9 Å². The quantitative estimate of drug-likeness (QED) is 0.821. The number of nitrogens with zero attached hydrogens (tertiary/aromatic N) is 1. The topological polar surface area (TPSA) is 54.0 Å². The minimum atomic E-state index is 0.107. The second kappa shape index (κ2) is 4.93. The summed E-state index contributed by atoms with van der Waals surface area (Å²) in [6.07, 6.45) is 1.83. The summed E-state index contributed by atoms with van der Waals surface area (Å²) in [7, 11) is 0. The lowest BCUT2D eigenvalue weighted by atomic mass is 9.88. The van der Waals surface area contributed by atoms with Crippen LogP contribution in [-0.2, 0) is 11.3 Å². The first-order chi connectivity index (χ1) is 7.66. The van der Waals surface area contributed by atoms with Crippen LogP contribution < -0.4 is 10.6 Å². The lowest BCUT2D eigenvalue weighted by Crippen LogP contribution is -2.49. The van der Waals surface area contributed by atoms with Gasteiger partial charge in [0.2, 0.25) is 5.91 Å². The first-order valence-electron chi connectivity index (χ1n) is 5.56. The summed E-state index contributed by atoms with van der Waals surface area (Å²) in [5, 5.41) is 7.19. The number of amides is 1. The van der Waals surface area contributed by atoms with Gasteiger partial charge in [-0.15, -0.1) is 11.3 Å². The van der Waals surface area contributed by atoms with E-state index in [4.69, 9.17) is 0 Å². The van der Waals surface area contributed by atoms with E-state index in [1.165, 1.54) is 0 Å². The molecule has 1 aromatic heterocycles. The van der Waals surface area contributed by atoms with E-state index in [1.807, 2.05) is 20.0 Å². The van der Waals surface area contributed by atoms with Crippen molar-refractivity contribution in [3.05, 3.63) is 16.1 Å². The van der Waals surface area contributed by atoms with Crippen molar-refractivity contribution in [1.29, 1.82) is 0 Å². The van der Waals surface area contributed by atoms with E-state index in [1.54, 1.807) is 11.3 Å². The fraction of sp³-hybridized carbons (Fsp3) is 0.636. The molecule has 0 aliphatic carbocycles. The Morgan fingerprint density at radius 1 is 1.75 bits per heavy atom. The SMILES string of the molecule is Cc1ncc(CNC(=O)C(C)C2CNC2)s1. The Kier molecular flexibility index (Phi) is 3.56. The molecule has 88 valence electrons. The number of aromatic nitrogens is 1. The van der Waals surface area contributed by atoms with E-state index >= 15 is 0 Å². The fourth-order valence-electron chi connectivity index (χ4n) is 1.70. The summed E-state index contributed by atoms with van der Waals surface area (Å²) in [6, 6.07) is 0. The van der Waals surface area contributed by atoms with Crippen molar-refractivity contribution in [3.8, 4) is 0 Å². The molecule has 4 nitrogen and oxygen atoms in total. The molecule has 5 heteroatoms. The van der Waals surface area contributed by atoms with Gasteiger partial charge in [-0.3, -0.25) is 4.79 Å². The Hall–Kier alpha value is -0.940. The first-order valence-corrected chi connectivity index (χ1v) is 6.38. The van der Waals surface area contributed by atoms with Crippen LogP contribution >= 0.6 is 11.3 Å². The zero-order valence-corrected chi connectivity index (χ0v) is 10.4. The molecule has 1 aliphatic heterocycles. The number of hydrogen-bond acceptors (Lipinski definition) is 4. The van der Waals surface area contributed by atoms with Crippen LogP contribution in [0.1, 0.15) is 16.8 Å². The molecule has 1 aromatic rings. The van der Waals surface area contributed by atoms with Gasteiger partial charge in [0.25, 0.3) is 0 Å². The molecule has 2 rings (SSSR count). The highest BCUT2D eigenvalue weighted by Gasteiger charge is 2.28. The number of aryl methyl sites for hydroxylation is 1. The molecule has 1 unspecified atom stereocenters. The van der Waals surface area contributed by atoms with Crippen molar-refractivity contribution in [2.75, 3.05) is 13.1 Å². The number of rotatable bonds is 4. The zero-order chi connectivity index (χ0) is 11.5. The summed E-state index contributed by atoms with van der Waals surface area (Å²) in [4.78, 5) is 17.1. The lowest BCUT2D eigenvalue weighted by molar-refractivity contribution is -0.126. The van der Waals surface area contributed by atoms with Gasteiger partial charge in [0.1, 0.15) is 0 Å². The van der Waals surface area contributed by atoms with Crippen LogP contribution in [0.2, 0.25) is 0 Å². The standard InChI is InChI=1S/C11H17N3OS/c1-7(9-3-12-4-9)11(15)14-6-10-5-13-8(2)16-10/h5,7,9,12H,3-4,6H2,1-2H3,(H,14,15). The molecular weight excluding hydrogens is 222 g/mol. The number of carbonyl (C=O) groups is 1. The maximum atomic E-state index is 11.8. The average Bonchev–Trinajstić information content (AvgIpc) is 2.58. The van der Waals surface area contributed by atoms with Crippen molar-refractivity contribution in [1.82, 2.24) is 15.6 Å². The van der Waals surface area contributed by atoms with Crippen LogP contribution in [0.4, 0.5) is 0 Å². The van der Waals surface area contributed by atoms with Gasteiger partial charge in [0.15, 0.2) is 0 Å². The van der Waals surface area contributed by atoms with E-state index < -0.39 is 0 Å². The van der Waals surface area contributed by atoms with Crippen LogP contribution in [0.25, 0.3) is 0 Å². The third-order valence-electron chi connectivity index (χ3n) is 3.04. The minimum Gasteiger partial charge on any atom is -0.351 e. The highest BCUT2D eigenvalue weighted by Crippen LogP contribution is 2.16. The summed E-state index contributed by atoms with van der Waals surface area (Å²) in [5.41, 5.74) is 0. The predicted molar refractivity (Wildman–Crippen MR) is 64.2 cm³/mol. The highest BCUT2D eigenvalue weighted by molar-refractivity contribution is 7.11. The molecule has 1 saturated heterocycles. The van der Waals surface area contributed by atoms with E-state index in [0.717, 1.165) is 23.0 Å². The molecule has 0 aromatic carbocycles. The molecule has 0 spiro atoms. The molecule has 1 aliphatic rings. The van der Waals surface area contributed by atoms with Crippen molar-refractivity contribution < 1.29 is 4.79 Å². The van der Waals surface area contributed by atoms with E-state index in [2.05, 4.69) is 15.6 Å². The van der Waals surface area contributed by atoms with Gasteiger partial charge in [-0.25, -0.2) is 4.98 Å². The molecule has 16 heavy (non-hydrogen) atoms. The lowest BCUT2D eigenvalue weighted by Gasteiger charge is -2.31. The molecular formula is C11H17N3OS. The Morgan fingerprint density at radius 3 is 3.00 bits per heavy atom. The molecule has 1 atom stereocenters. The molecule has 2 N–H and O–H groups in total. The van der Waals surface area contributed by atoms with Gasteiger partial charge < -0.3 is 10.6 Å². The van der Waals surface area contributed by atoms with E-state index in [9.17, 15) is 4.79 Å². The van der Waals surface area contributed by atoms with Gasteiger partial charge in [-0.1, -0.05) is 6.92 Å². The second-order valence-corrected chi connectivity index (χ2v) is 5.59. The summed E-state index contributed by atoms with van der Waals surface area (Å²) in [6.45, 7) is 6.51. The number of nitrogens with one attached hydrogen (secondary N) is 2. The summed E-state index contributed by atoms with van der Waals surface area (Å²) in [5.74, 6) is 0.760. The Labute approximate surface area is 99.5 Å². The van der Waals surface area contributed by atoms with E-state index in [-0.39, 0.29) is 11.8 Å². The summed E-state index contributed by atoms with van der Waals surface area (Å²) >= 11 is 1.63. The smallest absolute Gasteiger partial charge is 0.223 e. The van der Waals surface area contributed by atoms with E-state index in [0.29, 0.717) is 12.5 Å². The minimum absolute atomic E-state index is 0.107. The van der Waals surface area contributed by atoms with Gasteiger partial charge in [-0.2, -0.15) is 0 Å². The normalized spacial score (nSPS) is 17.9. The maximum Gasteiger partial charge on any atom is 0.223 e. The van der Waals surface area contributed by atoms with Crippen molar-refractivity contribution in [2.45, 2.75) is 20.4 Å². The monoisotopic (exact) mass is 239 g/mol. The van der Waals surface area contributed by atoms with Gasteiger partial charge >= 0.3 is 0 Å². The second-order valence-electron chi connectivity index (χ2n) is 4.27. The molecule has 2 heterocycles. The molecule has 0 saturated carbocycles. The van der Waals surface area contributed by atoms with Gasteiger partial charge in [0.05, 0.1) is 11.6 Å². The fourth-order valence-corrected chi connectivity index (χ4v) is 2.44. The summed E-state index contributed by atoms with van der Waals surface area (Å²) < 4.78 is 0. The molecule has 1 amide bonds. The van der Waals surface area contributed by atoms with Crippen LogP contribution in [0, 0.1) is 18.8 Å². The number of hydrogen-bond donors (Lipinski definition) is 2. The van der Waals surface area contributed by atoms with Crippen LogP contribution in [0.15, 0.2) is 6.20 Å². The van der Waals surface area contributed by atoms with Crippen molar-refractivity contribution >= 4 is 17.2 Å². The highest BCUT2D eigenvalue weighted by atomic mass is 32.1. The first kappa shape index (κ1) is 11.5. The molecule has 0 bridgehead atoms. The van der Waals surface area contributed by atoms with Crippen molar-refractivity contribution in [2.24, 2.45) is 11.8 Å². The van der Waals surface area contributed by atoms with Crippen LogP contribution in [0.5, 0.6) is 0 Å². The zero-order valence-electron chi connectivity index (χ0n) is 9.62. The largest absolute Gasteiger partial charge is 0.351 e. The predicted octanol–water partition coefficient (Wildman–Crippen LogP) is 0.923. The number of carbonyl (C=O) groups excluding carboxylic acids is 1. The van der Waals surface area contributed by atoms with Gasteiger partial charge in [0, 0.05) is 17.0 Å². The molecule has 1 fully saturated rings. The third-order valence-corrected chi connectivity index (χ3v) is 3.95. The number of thiazole rings is 1. The average molecular weight is 239 g/mol. The Morgan fingerprint density at radius 2 is 2.50 bits per heavy atom. The van der Waals surface area contributed by atoms with Crippen LogP contribution in [0.3, 0.4) is 0 Å². The van der Waals surface area contributed by atoms with Crippen molar-refractivity contribution in [3.63, 3.8) is 0 Å².